The summed E-state index contributed by atoms with van der Waals surface area (Å²) in [5, 5.41) is 2.57. The molecule has 22 heavy (non-hydrogen) atoms. The molecule has 0 aromatic carbocycles. The first-order valence-electron chi connectivity index (χ1n) is 7.05. The molecule has 0 saturated heterocycles. The van der Waals surface area contributed by atoms with Crippen LogP contribution in [-0.2, 0) is 9.53 Å². The van der Waals surface area contributed by atoms with Gasteiger partial charge < -0.3 is 15.2 Å². The number of carbonyl (C=O) groups is 2. The predicted octanol–water partition coefficient (Wildman–Crippen LogP) is 2.03. The second-order valence-electron chi connectivity index (χ2n) is 6.31. The Labute approximate surface area is 129 Å². The minimum absolute atomic E-state index is 0.0496. The lowest BCUT2D eigenvalue weighted by Crippen LogP contribution is -2.27. The van der Waals surface area contributed by atoms with Crippen LogP contribution in [0, 0.1) is 5.92 Å². The van der Waals surface area contributed by atoms with Gasteiger partial charge in [-0.2, -0.15) is 4.98 Å². The van der Waals surface area contributed by atoms with Crippen LogP contribution in [0.15, 0.2) is 12.1 Å². The third kappa shape index (κ3) is 4.09. The van der Waals surface area contributed by atoms with E-state index in [-0.39, 0.29) is 17.7 Å². The molecule has 7 nitrogen and oxygen atoms in total. The van der Waals surface area contributed by atoms with Gasteiger partial charge in [-0.05, 0) is 44.7 Å². The second kappa shape index (κ2) is 5.82. The molecule has 1 aromatic rings. The van der Waals surface area contributed by atoms with Crippen molar-refractivity contribution in [2.24, 2.45) is 11.7 Å². The zero-order valence-corrected chi connectivity index (χ0v) is 13.2. The smallest absolute Gasteiger partial charge is 0.413 e. The van der Waals surface area contributed by atoms with E-state index < -0.39 is 11.7 Å². The second-order valence-corrected chi connectivity index (χ2v) is 6.31. The van der Waals surface area contributed by atoms with E-state index in [1.54, 1.807) is 32.9 Å². The number of hydrogen-bond donors (Lipinski definition) is 2. The van der Waals surface area contributed by atoms with E-state index in [0.29, 0.717) is 18.1 Å². The number of ether oxygens (including phenoxy) is 2. The van der Waals surface area contributed by atoms with Crippen molar-refractivity contribution in [1.29, 1.82) is 0 Å². The Balaban J connectivity index is 2.15. The fraction of sp³-hybridized carbons (Fsp3) is 0.533. The van der Waals surface area contributed by atoms with Crippen LogP contribution in [-0.4, -0.2) is 29.7 Å². The van der Waals surface area contributed by atoms with Gasteiger partial charge in [-0.3, -0.25) is 10.1 Å². The van der Waals surface area contributed by atoms with Crippen LogP contribution in [0.4, 0.5) is 10.6 Å². The SMILES string of the molecule is COc1cc([C@H]2C[C@@H]2C(N)=O)cc(NC(=O)OC(C)(C)C)n1. The molecule has 3 N–H and O–H groups in total. The van der Waals surface area contributed by atoms with Crippen molar-refractivity contribution < 1.29 is 19.1 Å². The minimum Gasteiger partial charge on any atom is -0.481 e. The molecule has 0 radical (unpaired) electrons. The average molecular weight is 307 g/mol. The van der Waals surface area contributed by atoms with Gasteiger partial charge in [-0.15, -0.1) is 0 Å². The Morgan fingerprint density at radius 3 is 2.55 bits per heavy atom. The number of anilines is 1. The van der Waals surface area contributed by atoms with Gasteiger partial charge in [0.05, 0.1) is 7.11 Å². The summed E-state index contributed by atoms with van der Waals surface area (Å²) in [6.07, 6.45) is 0.107. The van der Waals surface area contributed by atoms with Crippen LogP contribution in [0.3, 0.4) is 0 Å². The van der Waals surface area contributed by atoms with Gasteiger partial charge in [0, 0.05) is 12.0 Å². The van der Waals surface area contributed by atoms with Gasteiger partial charge in [0.15, 0.2) is 0 Å². The van der Waals surface area contributed by atoms with E-state index in [4.69, 9.17) is 15.2 Å². The Morgan fingerprint density at radius 2 is 2.05 bits per heavy atom. The highest BCUT2D eigenvalue weighted by Crippen LogP contribution is 2.48. The van der Waals surface area contributed by atoms with Crippen molar-refractivity contribution in [3.63, 3.8) is 0 Å². The highest BCUT2D eigenvalue weighted by molar-refractivity contribution is 5.84. The number of primary amides is 1. The summed E-state index contributed by atoms with van der Waals surface area (Å²) in [7, 11) is 1.49. The van der Waals surface area contributed by atoms with Gasteiger partial charge in [-0.25, -0.2) is 4.79 Å². The number of pyridine rings is 1. The molecule has 120 valence electrons. The lowest BCUT2D eigenvalue weighted by Gasteiger charge is -2.19. The van der Waals surface area contributed by atoms with Gasteiger partial charge in [0.1, 0.15) is 11.4 Å². The van der Waals surface area contributed by atoms with E-state index in [1.807, 2.05) is 0 Å². The molecule has 2 amide bonds. The van der Waals surface area contributed by atoms with Crippen molar-refractivity contribution in [3.8, 4) is 5.88 Å². The van der Waals surface area contributed by atoms with Crippen molar-refractivity contribution in [3.05, 3.63) is 17.7 Å². The molecule has 1 aliphatic carbocycles. The van der Waals surface area contributed by atoms with Crippen LogP contribution in [0.1, 0.15) is 38.7 Å². The monoisotopic (exact) mass is 307 g/mol. The summed E-state index contributed by atoms with van der Waals surface area (Å²) >= 11 is 0. The maximum absolute atomic E-state index is 11.8. The number of nitrogens with two attached hydrogens (primary N) is 1. The van der Waals surface area contributed by atoms with Crippen LogP contribution in [0.5, 0.6) is 5.88 Å². The summed E-state index contributed by atoms with van der Waals surface area (Å²) in [5.74, 6) is 0.245. The molecular weight excluding hydrogens is 286 g/mol. The third-order valence-corrected chi connectivity index (χ3v) is 3.25. The highest BCUT2D eigenvalue weighted by Gasteiger charge is 2.43. The summed E-state index contributed by atoms with van der Waals surface area (Å²) in [6.45, 7) is 5.33. The number of methoxy groups -OCH3 is 1. The molecule has 1 aromatic heterocycles. The van der Waals surface area contributed by atoms with Gasteiger partial charge in [0.25, 0.3) is 0 Å². The van der Waals surface area contributed by atoms with Crippen LogP contribution >= 0.6 is 0 Å². The lowest BCUT2D eigenvalue weighted by atomic mass is 10.1. The number of nitrogens with zero attached hydrogens (tertiary/aromatic N) is 1. The number of hydrogen-bond acceptors (Lipinski definition) is 5. The molecule has 0 bridgehead atoms. The Hall–Kier alpha value is -2.31. The van der Waals surface area contributed by atoms with E-state index >= 15 is 0 Å². The Bertz CT molecular complexity index is 595. The fourth-order valence-electron chi connectivity index (χ4n) is 2.19. The summed E-state index contributed by atoms with van der Waals surface area (Å²) in [5.41, 5.74) is 5.57. The van der Waals surface area contributed by atoms with E-state index in [2.05, 4.69) is 10.3 Å². The minimum atomic E-state index is -0.598. The van der Waals surface area contributed by atoms with Crippen LogP contribution < -0.4 is 15.8 Å². The zero-order valence-electron chi connectivity index (χ0n) is 13.2. The highest BCUT2D eigenvalue weighted by atomic mass is 16.6. The maximum Gasteiger partial charge on any atom is 0.413 e. The largest absolute Gasteiger partial charge is 0.481 e. The molecule has 2 rings (SSSR count). The topological polar surface area (TPSA) is 104 Å². The van der Waals surface area contributed by atoms with Gasteiger partial charge >= 0.3 is 6.09 Å². The lowest BCUT2D eigenvalue weighted by molar-refractivity contribution is -0.119. The van der Waals surface area contributed by atoms with Crippen LogP contribution in [0.2, 0.25) is 0 Å². The van der Waals surface area contributed by atoms with E-state index in [0.717, 1.165) is 5.56 Å². The van der Waals surface area contributed by atoms with Crippen molar-refractivity contribution >= 4 is 17.8 Å². The molecule has 0 aliphatic heterocycles. The summed E-state index contributed by atoms with van der Waals surface area (Å²) in [4.78, 5) is 27.2. The molecule has 1 fully saturated rings. The Morgan fingerprint density at radius 1 is 1.36 bits per heavy atom. The van der Waals surface area contributed by atoms with Crippen molar-refractivity contribution in [2.45, 2.75) is 38.7 Å². The van der Waals surface area contributed by atoms with Crippen molar-refractivity contribution in [1.82, 2.24) is 4.98 Å². The third-order valence-electron chi connectivity index (χ3n) is 3.25. The molecule has 1 aliphatic rings. The number of carbonyl (C=O) groups excluding carboxylic acids is 2. The number of aromatic nitrogens is 1. The number of nitrogens with one attached hydrogen (secondary N) is 1. The predicted molar refractivity (Wildman–Crippen MR) is 80.7 cm³/mol. The molecule has 0 spiro atoms. The van der Waals surface area contributed by atoms with Crippen molar-refractivity contribution in [2.75, 3.05) is 12.4 Å². The van der Waals surface area contributed by atoms with E-state index in [9.17, 15) is 9.59 Å². The maximum atomic E-state index is 11.8. The molecular formula is C15H21N3O4. The summed E-state index contributed by atoms with van der Waals surface area (Å²) < 4.78 is 10.3. The zero-order chi connectivity index (χ0) is 16.5. The summed E-state index contributed by atoms with van der Waals surface area (Å²) in [6, 6.07) is 3.45. The van der Waals surface area contributed by atoms with Gasteiger partial charge in [-0.1, -0.05) is 0 Å². The normalized spacial score (nSPS) is 20.2. The molecule has 1 saturated carbocycles. The standard InChI is InChI=1S/C15H21N3O4/c1-15(2,3)22-14(20)18-11-5-8(6-12(17-11)21-4)9-7-10(9)13(16)19/h5-6,9-10H,7H2,1-4H3,(H2,16,19)(H,17,18,20)/t9-,10+/m1/s1. The molecule has 1 heterocycles. The van der Waals surface area contributed by atoms with E-state index in [1.165, 1.54) is 7.11 Å². The first-order chi connectivity index (χ1) is 10.2. The number of rotatable bonds is 4. The molecule has 7 heteroatoms. The molecule has 2 atom stereocenters. The first-order valence-corrected chi connectivity index (χ1v) is 7.05. The molecule has 0 unspecified atom stereocenters. The Kier molecular flexibility index (Phi) is 4.25. The quantitative estimate of drug-likeness (QED) is 0.885. The van der Waals surface area contributed by atoms with Gasteiger partial charge in [0.2, 0.25) is 11.8 Å². The fourth-order valence-corrected chi connectivity index (χ4v) is 2.19. The average Bonchev–Trinajstić information content (AvgIpc) is 3.16. The van der Waals surface area contributed by atoms with Crippen LogP contribution in [0.25, 0.3) is 0 Å². The first kappa shape index (κ1) is 16.1. The number of amides is 2.